The van der Waals surface area contributed by atoms with Crippen molar-refractivity contribution in [2.45, 2.75) is 31.3 Å². The fraction of sp³-hybridized carbons (Fsp3) is 0.700. The van der Waals surface area contributed by atoms with Gasteiger partial charge in [-0.05, 0) is 6.42 Å². The first-order valence-corrected chi connectivity index (χ1v) is 5.03. The van der Waals surface area contributed by atoms with Gasteiger partial charge in [0.25, 0.3) is 0 Å². The number of nitriles is 1. The maximum absolute atomic E-state index is 11.3. The van der Waals surface area contributed by atoms with E-state index in [-0.39, 0.29) is 17.7 Å². The molecule has 0 aliphatic carbocycles. The highest BCUT2D eigenvalue weighted by atomic mass is 16.4. The summed E-state index contributed by atoms with van der Waals surface area (Å²) in [6, 6.07) is 1.37. The average Bonchev–Trinajstić information content (AvgIpc) is 2.55. The minimum atomic E-state index is -0.882. The third-order valence-corrected chi connectivity index (χ3v) is 3.30. The summed E-state index contributed by atoms with van der Waals surface area (Å²) in [7, 11) is 0. The summed E-state index contributed by atoms with van der Waals surface area (Å²) in [6.07, 6.45) is 1.10. The topological polar surface area (TPSA) is 81.4 Å². The molecular formula is C10H12N2O3. The van der Waals surface area contributed by atoms with Crippen LogP contribution in [-0.2, 0) is 9.59 Å². The lowest BCUT2D eigenvalue weighted by molar-refractivity contribution is -0.144. The fourth-order valence-electron chi connectivity index (χ4n) is 2.55. The highest BCUT2D eigenvalue weighted by Crippen LogP contribution is 2.34. The molecular weight excluding hydrogens is 196 g/mol. The Hall–Kier alpha value is -1.41. The normalized spacial score (nSPS) is 35.9. The molecule has 0 aromatic heterocycles. The second kappa shape index (κ2) is 3.63. The van der Waals surface area contributed by atoms with Crippen LogP contribution in [0, 0.1) is 17.2 Å². The van der Waals surface area contributed by atoms with Gasteiger partial charge < -0.3 is 5.11 Å². The van der Waals surface area contributed by atoms with Gasteiger partial charge in [0, 0.05) is 25.4 Å². The molecule has 2 fully saturated rings. The highest BCUT2D eigenvalue weighted by Gasteiger charge is 2.47. The number of carbonyl (C=O) groups is 2. The van der Waals surface area contributed by atoms with Gasteiger partial charge in [0.2, 0.25) is 0 Å². The second-order valence-corrected chi connectivity index (χ2v) is 4.12. The van der Waals surface area contributed by atoms with E-state index in [1.54, 1.807) is 4.90 Å². The predicted molar refractivity (Wildman–Crippen MR) is 49.9 cm³/mol. The third-order valence-electron chi connectivity index (χ3n) is 3.30. The minimum Gasteiger partial charge on any atom is -0.480 e. The van der Waals surface area contributed by atoms with Gasteiger partial charge in [0.05, 0.1) is 12.0 Å². The number of carbonyl (C=O) groups excluding carboxylic acids is 1. The Morgan fingerprint density at radius 1 is 1.60 bits per heavy atom. The van der Waals surface area contributed by atoms with Gasteiger partial charge in [-0.2, -0.15) is 5.26 Å². The Morgan fingerprint density at radius 2 is 2.33 bits per heavy atom. The monoisotopic (exact) mass is 208 g/mol. The van der Waals surface area contributed by atoms with Crippen molar-refractivity contribution in [1.29, 1.82) is 5.26 Å². The predicted octanol–water partition coefficient (Wildman–Crippen LogP) is 0.0166. The molecule has 0 amide bonds. The molecule has 2 aliphatic rings. The molecule has 15 heavy (non-hydrogen) atoms. The van der Waals surface area contributed by atoms with E-state index in [0.717, 1.165) is 0 Å². The number of Topliss-reactive ketones (excluding diaryl/α,β-unsaturated/α-hetero) is 1. The van der Waals surface area contributed by atoms with E-state index in [1.807, 2.05) is 0 Å². The summed E-state index contributed by atoms with van der Waals surface area (Å²) in [5.74, 6) is -1.05. The van der Waals surface area contributed by atoms with Crippen molar-refractivity contribution in [3.63, 3.8) is 0 Å². The molecule has 2 heterocycles. The van der Waals surface area contributed by atoms with Crippen LogP contribution < -0.4 is 0 Å². The maximum Gasteiger partial charge on any atom is 0.320 e. The molecule has 1 N–H and O–H groups in total. The van der Waals surface area contributed by atoms with Gasteiger partial charge in [-0.15, -0.1) is 0 Å². The fourth-order valence-corrected chi connectivity index (χ4v) is 2.55. The van der Waals surface area contributed by atoms with Crippen molar-refractivity contribution in [1.82, 2.24) is 4.90 Å². The molecule has 0 spiro atoms. The molecule has 0 radical (unpaired) electrons. The standard InChI is InChI=1S/C10H12N2O3/c11-5-6-3-9(10(14)15)12-2-1-7(13)4-8(6)12/h6,8-9H,1-4H2,(H,14,15). The Kier molecular flexibility index (Phi) is 2.45. The molecule has 0 aromatic carbocycles. The van der Waals surface area contributed by atoms with Crippen LogP contribution in [0.15, 0.2) is 0 Å². The molecule has 5 nitrogen and oxygen atoms in total. The third kappa shape index (κ3) is 1.61. The molecule has 2 aliphatic heterocycles. The minimum absolute atomic E-state index is 0.141. The maximum atomic E-state index is 11.3. The number of piperidine rings is 1. The quantitative estimate of drug-likeness (QED) is 0.656. The smallest absolute Gasteiger partial charge is 0.320 e. The number of carboxylic acids is 1. The lowest BCUT2D eigenvalue weighted by Gasteiger charge is -2.31. The van der Waals surface area contributed by atoms with Crippen LogP contribution >= 0.6 is 0 Å². The van der Waals surface area contributed by atoms with E-state index < -0.39 is 12.0 Å². The first-order valence-electron chi connectivity index (χ1n) is 5.03. The number of nitrogens with zero attached hydrogens (tertiary/aromatic N) is 2. The van der Waals surface area contributed by atoms with Crippen LogP contribution in [0.4, 0.5) is 0 Å². The Bertz CT molecular complexity index is 347. The summed E-state index contributed by atoms with van der Waals surface area (Å²) in [5, 5.41) is 17.9. The SMILES string of the molecule is N#CC1CC(C(=O)O)N2CCC(=O)CC12. The lowest BCUT2D eigenvalue weighted by atomic mass is 9.93. The zero-order valence-electron chi connectivity index (χ0n) is 8.22. The van der Waals surface area contributed by atoms with Crippen molar-refractivity contribution in [2.75, 3.05) is 6.54 Å². The number of hydrogen-bond donors (Lipinski definition) is 1. The number of ketones is 1. The summed E-state index contributed by atoms with van der Waals surface area (Å²) < 4.78 is 0. The van der Waals surface area contributed by atoms with Crippen molar-refractivity contribution in [3.05, 3.63) is 0 Å². The Morgan fingerprint density at radius 3 is 2.93 bits per heavy atom. The molecule has 2 saturated heterocycles. The average molecular weight is 208 g/mol. The summed E-state index contributed by atoms with van der Waals surface area (Å²) in [4.78, 5) is 24.0. The number of hydrogen-bond acceptors (Lipinski definition) is 4. The van der Waals surface area contributed by atoms with Crippen LogP contribution in [0.5, 0.6) is 0 Å². The number of carboxylic acid groups (broad SMARTS) is 1. The van der Waals surface area contributed by atoms with Crippen LogP contribution in [-0.4, -0.2) is 40.4 Å². The Labute approximate surface area is 87.3 Å². The van der Waals surface area contributed by atoms with Crippen LogP contribution in [0.1, 0.15) is 19.3 Å². The first-order chi connectivity index (χ1) is 7.13. The largest absolute Gasteiger partial charge is 0.480 e. The van der Waals surface area contributed by atoms with Gasteiger partial charge in [0.1, 0.15) is 11.8 Å². The Balaban J connectivity index is 2.21. The number of aliphatic carboxylic acids is 1. The summed E-state index contributed by atoms with van der Waals surface area (Å²) in [5.41, 5.74) is 0. The van der Waals surface area contributed by atoms with Crippen molar-refractivity contribution >= 4 is 11.8 Å². The molecule has 2 rings (SSSR count). The van der Waals surface area contributed by atoms with Gasteiger partial charge in [-0.1, -0.05) is 0 Å². The van der Waals surface area contributed by atoms with Gasteiger partial charge in [-0.25, -0.2) is 0 Å². The lowest BCUT2D eigenvalue weighted by Crippen LogP contribution is -2.46. The molecule has 3 atom stereocenters. The zero-order chi connectivity index (χ0) is 11.0. The van der Waals surface area contributed by atoms with Crippen molar-refractivity contribution < 1.29 is 14.7 Å². The second-order valence-electron chi connectivity index (χ2n) is 4.12. The van der Waals surface area contributed by atoms with Crippen LogP contribution in [0.2, 0.25) is 0 Å². The van der Waals surface area contributed by atoms with E-state index in [1.165, 1.54) is 0 Å². The molecule has 5 heteroatoms. The van der Waals surface area contributed by atoms with E-state index in [0.29, 0.717) is 25.8 Å². The number of rotatable bonds is 1. The van der Waals surface area contributed by atoms with Gasteiger partial charge >= 0.3 is 5.97 Å². The van der Waals surface area contributed by atoms with E-state index >= 15 is 0 Å². The van der Waals surface area contributed by atoms with Crippen molar-refractivity contribution in [2.24, 2.45) is 5.92 Å². The molecule has 0 bridgehead atoms. The zero-order valence-corrected chi connectivity index (χ0v) is 8.22. The number of fused-ring (bicyclic) bond motifs is 1. The molecule has 3 unspecified atom stereocenters. The van der Waals surface area contributed by atoms with Crippen LogP contribution in [0.25, 0.3) is 0 Å². The molecule has 80 valence electrons. The first kappa shape index (κ1) is 10.1. The van der Waals surface area contributed by atoms with Gasteiger partial charge in [0.15, 0.2) is 0 Å². The van der Waals surface area contributed by atoms with E-state index in [2.05, 4.69) is 6.07 Å². The van der Waals surface area contributed by atoms with E-state index in [9.17, 15) is 9.59 Å². The van der Waals surface area contributed by atoms with E-state index in [4.69, 9.17) is 10.4 Å². The van der Waals surface area contributed by atoms with Crippen molar-refractivity contribution in [3.8, 4) is 6.07 Å². The highest BCUT2D eigenvalue weighted by molar-refractivity contribution is 5.81. The van der Waals surface area contributed by atoms with Gasteiger partial charge in [-0.3, -0.25) is 14.5 Å². The summed E-state index contributed by atoms with van der Waals surface area (Å²) >= 11 is 0. The summed E-state index contributed by atoms with van der Waals surface area (Å²) in [6.45, 7) is 0.485. The molecule has 0 aromatic rings. The molecule has 0 saturated carbocycles. The van der Waals surface area contributed by atoms with Crippen LogP contribution in [0.3, 0.4) is 0 Å².